The molecular formula is C63H45N. The van der Waals surface area contributed by atoms with E-state index in [0.29, 0.717) is 0 Å². The van der Waals surface area contributed by atoms with Crippen LogP contribution < -0.4 is 4.90 Å². The van der Waals surface area contributed by atoms with E-state index in [0.717, 1.165) is 23.5 Å². The lowest BCUT2D eigenvalue weighted by Gasteiger charge is -2.33. The van der Waals surface area contributed by atoms with Crippen molar-refractivity contribution >= 4 is 27.8 Å². The number of para-hydroxylation sites is 1. The Morgan fingerprint density at radius 2 is 0.844 bits per heavy atom. The van der Waals surface area contributed by atoms with Crippen LogP contribution >= 0.6 is 0 Å². The third-order valence-electron chi connectivity index (χ3n) is 14.5. The molecule has 13 rings (SSSR count). The van der Waals surface area contributed by atoms with Crippen LogP contribution in [0.1, 0.15) is 46.2 Å². The maximum atomic E-state index is 2.55. The molecule has 0 N–H and O–H groups in total. The van der Waals surface area contributed by atoms with Gasteiger partial charge in [0.15, 0.2) is 0 Å². The van der Waals surface area contributed by atoms with Gasteiger partial charge in [-0.15, -0.1) is 0 Å². The van der Waals surface area contributed by atoms with Crippen molar-refractivity contribution in [2.24, 2.45) is 0 Å². The topological polar surface area (TPSA) is 3.24 Å². The van der Waals surface area contributed by atoms with Crippen molar-refractivity contribution in [3.63, 3.8) is 0 Å². The fourth-order valence-electron chi connectivity index (χ4n) is 11.6. The zero-order valence-electron chi connectivity index (χ0n) is 35.6. The Labute approximate surface area is 375 Å². The Kier molecular flexibility index (Phi) is 8.46. The molecule has 302 valence electrons. The number of nitrogens with zero attached hydrogens (tertiary/aromatic N) is 1. The first-order valence-electron chi connectivity index (χ1n) is 22.9. The minimum absolute atomic E-state index is 0.467. The molecule has 0 saturated carbocycles. The maximum absolute atomic E-state index is 2.55. The Morgan fingerprint density at radius 3 is 1.55 bits per heavy atom. The number of hydrogen-bond donors (Lipinski definition) is 0. The second kappa shape index (κ2) is 14.7. The summed E-state index contributed by atoms with van der Waals surface area (Å²) in [4.78, 5) is 2.49. The Morgan fingerprint density at radius 1 is 0.312 bits per heavy atom. The molecule has 0 bridgehead atoms. The molecule has 3 aliphatic carbocycles. The van der Waals surface area contributed by atoms with Gasteiger partial charge in [0.1, 0.15) is 0 Å². The van der Waals surface area contributed by atoms with Crippen molar-refractivity contribution < 1.29 is 0 Å². The first kappa shape index (κ1) is 36.9. The average molecular weight is 816 g/mol. The van der Waals surface area contributed by atoms with E-state index in [2.05, 4.69) is 229 Å². The number of benzene rings is 10. The molecule has 10 aromatic carbocycles. The summed E-state index contributed by atoms with van der Waals surface area (Å²) >= 11 is 0. The van der Waals surface area contributed by atoms with Crippen LogP contribution in [0.3, 0.4) is 0 Å². The first-order valence-corrected chi connectivity index (χ1v) is 22.9. The number of aryl methyl sites for hydroxylation is 1. The minimum atomic E-state index is -0.467. The summed E-state index contributed by atoms with van der Waals surface area (Å²) in [7, 11) is 0. The molecule has 1 spiro atoms. The molecule has 0 amide bonds. The van der Waals surface area contributed by atoms with Gasteiger partial charge in [-0.2, -0.15) is 0 Å². The molecular weight excluding hydrogens is 771 g/mol. The molecule has 0 aromatic heterocycles. The van der Waals surface area contributed by atoms with Crippen molar-refractivity contribution in [2.75, 3.05) is 4.90 Å². The first-order chi connectivity index (χ1) is 31.7. The van der Waals surface area contributed by atoms with E-state index in [1.165, 1.54) is 119 Å². The highest BCUT2D eigenvalue weighted by molar-refractivity contribution is 6.00. The summed E-state index contributed by atoms with van der Waals surface area (Å²) < 4.78 is 0. The standard InChI is InChI=1S/C63H45N/c1-2-19-49(20-3-1)64(50-37-35-43(36-38-50)48-34-29-42-15-4-5-17-47(42)39-48)62-41-61-57(40-56(62)46-32-30-45(31-33-46)52-25-14-18-44-16-6-7-21-51(44)52)55-24-10-13-28-60(55)63(61)58-26-11-8-22-53(58)54-23-9-12-27-59(54)63/h1-5,8-15,17-20,22-41H,6-7,16,21H2. The quantitative estimate of drug-likeness (QED) is 0.162. The van der Waals surface area contributed by atoms with Gasteiger partial charge in [0, 0.05) is 16.9 Å². The van der Waals surface area contributed by atoms with Gasteiger partial charge < -0.3 is 4.90 Å². The Bertz CT molecular complexity index is 3390. The van der Waals surface area contributed by atoms with Gasteiger partial charge in [-0.1, -0.05) is 182 Å². The second-order valence-electron chi connectivity index (χ2n) is 17.8. The molecule has 1 nitrogen and oxygen atoms in total. The van der Waals surface area contributed by atoms with E-state index in [9.17, 15) is 0 Å². The summed E-state index contributed by atoms with van der Waals surface area (Å²) in [5.41, 5.74) is 24.0. The van der Waals surface area contributed by atoms with Gasteiger partial charge in [0.05, 0.1) is 11.1 Å². The van der Waals surface area contributed by atoms with Crippen LogP contribution in [0.5, 0.6) is 0 Å². The van der Waals surface area contributed by atoms with Gasteiger partial charge in [-0.3, -0.25) is 0 Å². The van der Waals surface area contributed by atoms with Crippen LogP contribution in [-0.2, 0) is 18.3 Å². The molecule has 64 heavy (non-hydrogen) atoms. The molecule has 0 saturated heterocycles. The Balaban J connectivity index is 1.05. The van der Waals surface area contributed by atoms with E-state index in [1.807, 2.05) is 0 Å². The van der Waals surface area contributed by atoms with Crippen molar-refractivity contribution in [3.8, 4) is 55.6 Å². The van der Waals surface area contributed by atoms with Crippen LogP contribution in [0.15, 0.2) is 224 Å². The summed E-state index contributed by atoms with van der Waals surface area (Å²) in [6.07, 6.45) is 4.87. The van der Waals surface area contributed by atoms with Crippen molar-refractivity contribution in [1.29, 1.82) is 0 Å². The fourth-order valence-corrected chi connectivity index (χ4v) is 11.6. The summed E-state index contributed by atoms with van der Waals surface area (Å²) in [5.74, 6) is 0. The van der Waals surface area contributed by atoms with Crippen LogP contribution in [-0.4, -0.2) is 0 Å². The molecule has 3 aliphatic rings. The molecule has 0 aliphatic heterocycles. The summed E-state index contributed by atoms with van der Waals surface area (Å²) in [6, 6.07) is 84.3. The predicted octanol–water partition coefficient (Wildman–Crippen LogP) is 16.5. The van der Waals surface area contributed by atoms with Crippen LogP contribution in [0.25, 0.3) is 66.4 Å². The normalized spacial score (nSPS) is 13.8. The molecule has 0 heterocycles. The fraction of sp³-hybridized carbons (Fsp3) is 0.0794. The largest absolute Gasteiger partial charge is 0.310 e. The van der Waals surface area contributed by atoms with Crippen LogP contribution in [0.4, 0.5) is 17.1 Å². The van der Waals surface area contributed by atoms with E-state index in [1.54, 1.807) is 0 Å². The smallest absolute Gasteiger partial charge is 0.0726 e. The molecule has 0 fully saturated rings. The zero-order chi connectivity index (χ0) is 42.2. The molecule has 0 atom stereocenters. The molecule has 1 heteroatoms. The number of fused-ring (bicyclic) bond motifs is 12. The van der Waals surface area contributed by atoms with Gasteiger partial charge in [0.2, 0.25) is 0 Å². The lowest BCUT2D eigenvalue weighted by atomic mass is 9.70. The van der Waals surface area contributed by atoms with Crippen molar-refractivity contribution in [3.05, 3.63) is 258 Å². The van der Waals surface area contributed by atoms with Crippen molar-refractivity contribution in [2.45, 2.75) is 31.1 Å². The van der Waals surface area contributed by atoms with Crippen LogP contribution in [0.2, 0.25) is 0 Å². The van der Waals surface area contributed by atoms with Gasteiger partial charge in [-0.25, -0.2) is 0 Å². The molecule has 10 aromatic rings. The summed E-state index contributed by atoms with van der Waals surface area (Å²) in [5, 5.41) is 2.51. The monoisotopic (exact) mass is 815 g/mol. The predicted molar refractivity (Wildman–Crippen MR) is 268 cm³/mol. The van der Waals surface area contributed by atoms with E-state index in [-0.39, 0.29) is 0 Å². The lowest BCUT2D eigenvalue weighted by Crippen LogP contribution is -2.26. The highest BCUT2D eigenvalue weighted by Gasteiger charge is 2.52. The van der Waals surface area contributed by atoms with Gasteiger partial charge in [0.25, 0.3) is 0 Å². The average Bonchev–Trinajstić information content (AvgIpc) is 3.83. The molecule has 0 radical (unpaired) electrons. The zero-order valence-corrected chi connectivity index (χ0v) is 35.6. The third-order valence-corrected chi connectivity index (χ3v) is 14.5. The van der Waals surface area contributed by atoms with Crippen molar-refractivity contribution in [1.82, 2.24) is 0 Å². The lowest BCUT2D eigenvalue weighted by molar-refractivity contribution is 0.687. The SMILES string of the molecule is c1ccc(N(c2ccc(-c3ccc4ccccc4c3)cc2)c2cc3c(cc2-c2ccc(-c4cccc5c4CCCC5)cc2)-c2ccccc2C32c3ccccc3-c3ccccc32)cc1. The Hall–Kier alpha value is -7.74. The van der Waals surface area contributed by atoms with E-state index < -0.39 is 5.41 Å². The number of hydrogen-bond acceptors (Lipinski definition) is 1. The summed E-state index contributed by atoms with van der Waals surface area (Å²) in [6.45, 7) is 0. The second-order valence-corrected chi connectivity index (χ2v) is 17.8. The highest BCUT2D eigenvalue weighted by Crippen LogP contribution is 2.64. The van der Waals surface area contributed by atoms with Gasteiger partial charge >= 0.3 is 0 Å². The number of anilines is 3. The molecule has 0 unspecified atom stereocenters. The minimum Gasteiger partial charge on any atom is -0.310 e. The highest BCUT2D eigenvalue weighted by atomic mass is 15.1. The number of rotatable bonds is 6. The van der Waals surface area contributed by atoms with Crippen LogP contribution in [0, 0.1) is 0 Å². The maximum Gasteiger partial charge on any atom is 0.0726 e. The van der Waals surface area contributed by atoms with E-state index in [4.69, 9.17) is 0 Å². The van der Waals surface area contributed by atoms with Gasteiger partial charge in [-0.05, 0) is 162 Å². The third kappa shape index (κ3) is 5.57. The van der Waals surface area contributed by atoms with E-state index >= 15 is 0 Å².